The molecule has 10 heavy (non-hydrogen) atoms. The molecule has 2 nitrogen and oxygen atoms in total. The zero-order valence-corrected chi connectivity index (χ0v) is 7.94. The summed E-state index contributed by atoms with van der Waals surface area (Å²) in [4.78, 5) is 0. The Labute approximate surface area is 69.4 Å². The van der Waals surface area contributed by atoms with Gasteiger partial charge in [0.1, 0.15) is 4.60 Å². The van der Waals surface area contributed by atoms with Crippen molar-refractivity contribution in [2.24, 2.45) is 0 Å². The highest BCUT2D eigenvalue weighted by Gasteiger charge is 2.12. The molecule has 1 radical (unpaired) electrons. The van der Waals surface area contributed by atoms with Crippen LogP contribution in [0.25, 0.3) is 0 Å². The average molecular weight is 202 g/mol. The van der Waals surface area contributed by atoms with E-state index >= 15 is 0 Å². The molecule has 0 aliphatic carbocycles. The number of hydrogen-bond donors (Lipinski definition) is 0. The summed E-state index contributed by atoms with van der Waals surface area (Å²) < 4.78 is 2.64. The first-order valence-corrected chi connectivity index (χ1v) is 3.93. The lowest BCUT2D eigenvalue weighted by molar-refractivity contribution is 0.354. The Kier molecular flexibility index (Phi) is 1.86. The molecule has 3 heteroatoms. The van der Waals surface area contributed by atoms with E-state index in [-0.39, 0.29) is 5.54 Å². The first kappa shape index (κ1) is 7.79. The van der Waals surface area contributed by atoms with E-state index in [2.05, 4.69) is 47.9 Å². The Balaban J connectivity index is 2.96. The number of aromatic nitrogens is 2. The Morgan fingerprint density at radius 2 is 2.20 bits per heavy atom. The third-order valence-electron chi connectivity index (χ3n) is 1.19. The van der Waals surface area contributed by atoms with Crippen molar-refractivity contribution >= 4 is 15.9 Å². The maximum Gasteiger partial charge on any atom is 0.136 e. The zero-order valence-electron chi connectivity index (χ0n) is 6.35. The SMILES string of the molecule is CC(C)(C)n1c[c]c(Br)n1. The lowest BCUT2D eigenvalue weighted by Gasteiger charge is -2.18. The number of halogens is 1. The number of rotatable bonds is 0. The monoisotopic (exact) mass is 201 g/mol. The lowest BCUT2D eigenvalue weighted by Crippen LogP contribution is -2.21. The van der Waals surface area contributed by atoms with Crippen molar-refractivity contribution in [3.63, 3.8) is 0 Å². The highest BCUT2D eigenvalue weighted by Crippen LogP contribution is 2.14. The minimum absolute atomic E-state index is 0.0581. The number of hydrogen-bond acceptors (Lipinski definition) is 1. The van der Waals surface area contributed by atoms with Gasteiger partial charge in [-0.1, -0.05) is 0 Å². The molecule has 0 aliphatic rings. The van der Waals surface area contributed by atoms with Crippen molar-refractivity contribution in [3.05, 3.63) is 16.9 Å². The molecule has 0 bridgehead atoms. The van der Waals surface area contributed by atoms with E-state index in [1.165, 1.54) is 0 Å². The third kappa shape index (κ3) is 1.59. The van der Waals surface area contributed by atoms with Crippen LogP contribution in [0.1, 0.15) is 20.8 Å². The van der Waals surface area contributed by atoms with Gasteiger partial charge in [-0.3, -0.25) is 4.68 Å². The lowest BCUT2D eigenvalue weighted by atomic mass is 10.1. The van der Waals surface area contributed by atoms with E-state index in [1.54, 1.807) is 0 Å². The molecule has 1 aromatic heterocycles. The number of nitrogens with zero attached hydrogens (tertiary/aromatic N) is 2. The van der Waals surface area contributed by atoms with E-state index in [9.17, 15) is 0 Å². The van der Waals surface area contributed by atoms with E-state index in [4.69, 9.17) is 0 Å². The van der Waals surface area contributed by atoms with Crippen molar-refractivity contribution in [2.75, 3.05) is 0 Å². The smallest absolute Gasteiger partial charge is 0.136 e. The molecule has 1 rings (SSSR count). The Morgan fingerprint density at radius 3 is 2.40 bits per heavy atom. The summed E-state index contributed by atoms with van der Waals surface area (Å²) in [5.41, 5.74) is 0.0581. The van der Waals surface area contributed by atoms with Gasteiger partial charge in [0.05, 0.1) is 5.54 Å². The largest absolute Gasteiger partial charge is 0.266 e. The standard InChI is InChI=1S/C7H10BrN2/c1-7(2,3)10-5-4-6(8)9-10/h5H,1-3H3. The van der Waals surface area contributed by atoms with Crippen LogP contribution in [0.15, 0.2) is 10.8 Å². The van der Waals surface area contributed by atoms with Gasteiger partial charge in [0, 0.05) is 12.3 Å². The van der Waals surface area contributed by atoms with Crippen LogP contribution < -0.4 is 0 Å². The zero-order chi connectivity index (χ0) is 7.78. The van der Waals surface area contributed by atoms with Gasteiger partial charge in [0.25, 0.3) is 0 Å². The van der Waals surface area contributed by atoms with Crippen LogP contribution in [-0.4, -0.2) is 9.78 Å². The van der Waals surface area contributed by atoms with Gasteiger partial charge in [-0.05, 0) is 36.7 Å². The molecule has 0 aromatic carbocycles. The van der Waals surface area contributed by atoms with Crippen LogP contribution in [0.2, 0.25) is 0 Å². The van der Waals surface area contributed by atoms with Crippen LogP contribution >= 0.6 is 15.9 Å². The molecular weight excluding hydrogens is 192 g/mol. The van der Waals surface area contributed by atoms with Crippen LogP contribution in [0.4, 0.5) is 0 Å². The third-order valence-corrected chi connectivity index (χ3v) is 1.58. The van der Waals surface area contributed by atoms with Crippen molar-refractivity contribution in [2.45, 2.75) is 26.3 Å². The molecule has 0 saturated carbocycles. The highest BCUT2D eigenvalue weighted by molar-refractivity contribution is 9.10. The van der Waals surface area contributed by atoms with E-state index in [0.29, 0.717) is 0 Å². The molecule has 1 heterocycles. The van der Waals surface area contributed by atoms with E-state index in [0.717, 1.165) is 4.60 Å². The first-order chi connectivity index (χ1) is 4.50. The fourth-order valence-corrected chi connectivity index (χ4v) is 0.884. The molecule has 0 amide bonds. The molecule has 0 atom stereocenters. The molecular formula is C7H10BrN2. The van der Waals surface area contributed by atoms with Gasteiger partial charge in [0.15, 0.2) is 0 Å². The maximum absolute atomic E-state index is 4.16. The summed E-state index contributed by atoms with van der Waals surface area (Å²) in [6.45, 7) is 6.29. The van der Waals surface area contributed by atoms with Gasteiger partial charge in [-0.25, -0.2) is 0 Å². The average Bonchev–Trinajstić information content (AvgIpc) is 2.11. The van der Waals surface area contributed by atoms with E-state index < -0.39 is 0 Å². The summed E-state index contributed by atoms with van der Waals surface area (Å²) in [6.07, 6.45) is 1.84. The highest BCUT2D eigenvalue weighted by atomic mass is 79.9. The summed E-state index contributed by atoms with van der Waals surface area (Å²) in [7, 11) is 0. The van der Waals surface area contributed by atoms with Gasteiger partial charge in [0.2, 0.25) is 0 Å². The maximum atomic E-state index is 4.16. The van der Waals surface area contributed by atoms with Gasteiger partial charge in [-0.15, -0.1) is 0 Å². The van der Waals surface area contributed by atoms with Gasteiger partial charge in [-0.2, -0.15) is 5.10 Å². The van der Waals surface area contributed by atoms with E-state index in [1.807, 2.05) is 10.9 Å². The summed E-state index contributed by atoms with van der Waals surface area (Å²) >= 11 is 3.24. The molecule has 55 valence electrons. The second-order valence-corrected chi connectivity index (χ2v) is 3.93. The minimum Gasteiger partial charge on any atom is -0.266 e. The van der Waals surface area contributed by atoms with Crippen LogP contribution in [-0.2, 0) is 5.54 Å². The minimum atomic E-state index is 0.0581. The van der Waals surface area contributed by atoms with Crippen molar-refractivity contribution in [3.8, 4) is 0 Å². The second kappa shape index (κ2) is 2.38. The fourth-order valence-electron chi connectivity index (χ4n) is 0.610. The predicted octanol–water partition coefficient (Wildman–Crippen LogP) is 2.20. The summed E-state index contributed by atoms with van der Waals surface area (Å²) in [5, 5.41) is 4.16. The summed E-state index contributed by atoms with van der Waals surface area (Å²) in [5.74, 6) is 0. The molecule has 1 aromatic rings. The first-order valence-electron chi connectivity index (χ1n) is 3.13. The fraction of sp³-hybridized carbons (Fsp3) is 0.571. The van der Waals surface area contributed by atoms with Crippen molar-refractivity contribution in [1.29, 1.82) is 0 Å². The van der Waals surface area contributed by atoms with Crippen LogP contribution in [0, 0.1) is 6.07 Å². The Bertz CT molecular complexity index is 222. The molecule has 0 aliphatic heterocycles. The normalized spacial score (nSPS) is 12.0. The van der Waals surface area contributed by atoms with Crippen LogP contribution in [0.5, 0.6) is 0 Å². The topological polar surface area (TPSA) is 17.8 Å². The summed E-state index contributed by atoms with van der Waals surface area (Å²) in [6, 6.07) is 2.94. The van der Waals surface area contributed by atoms with Crippen LogP contribution in [0.3, 0.4) is 0 Å². The Hall–Kier alpha value is -0.310. The quantitative estimate of drug-likeness (QED) is 0.630. The molecule has 0 spiro atoms. The van der Waals surface area contributed by atoms with Crippen molar-refractivity contribution < 1.29 is 0 Å². The van der Waals surface area contributed by atoms with Gasteiger partial charge >= 0.3 is 0 Å². The molecule has 0 unspecified atom stereocenters. The van der Waals surface area contributed by atoms with Gasteiger partial charge < -0.3 is 0 Å². The molecule has 0 saturated heterocycles. The molecule has 0 N–H and O–H groups in total. The molecule has 0 fully saturated rings. The predicted molar refractivity (Wildman–Crippen MR) is 43.8 cm³/mol. The second-order valence-electron chi connectivity index (χ2n) is 3.18. The Morgan fingerprint density at radius 1 is 1.60 bits per heavy atom. The van der Waals surface area contributed by atoms with Crippen molar-refractivity contribution in [1.82, 2.24) is 9.78 Å².